The summed E-state index contributed by atoms with van der Waals surface area (Å²) >= 11 is 0. The van der Waals surface area contributed by atoms with Gasteiger partial charge < -0.3 is 42.6 Å². The number of methoxy groups -OCH3 is 1. The van der Waals surface area contributed by atoms with Crippen molar-refractivity contribution in [2.24, 2.45) is 32.9 Å². The van der Waals surface area contributed by atoms with Crippen molar-refractivity contribution in [3.05, 3.63) is 94.6 Å². The van der Waals surface area contributed by atoms with E-state index in [1.807, 2.05) is 44.7 Å². The van der Waals surface area contributed by atoms with Crippen LogP contribution in [0.2, 0.25) is 0 Å². The van der Waals surface area contributed by atoms with Gasteiger partial charge in [-0.15, -0.1) is 0 Å². The van der Waals surface area contributed by atoms with Crippen molar-refractivity contribution < 1.29 is 28.7 Å². The zero-order chi connectivity index (χ0) is 46.8. The number of nitrogens with zero attached hydrogens (tertiary/aromatic N) is 8. The maximum Gasteiger partial charge on any atom is 0.277 e. The standard InChI is InChI=1S/C34H43N9O5.C7H10N2O.2CH5N/c1-7-43-28(16-23(2)40-43)34(46)42(32-27(39-5)19-25(33(36)45)20-29(32)47-6)14-10-9-13-41(22-37-3)31-26(38-4)17-24(21-44)18-30(31)48-15-11-8-12-35;1-3-9-7(5-10)4-6(2)8-9;2*1-2/h8-11,16-21,37H,4-5,7,12-15,22,35H2,1-3,6H3,(H2,36,45);4-5H,3H2,1-2H3;2*2H2,1H3/b10-9+,11-8+;;;. The summed E-state index contributed by atoms with van der Waals surface area (Å²) in [6, 6.07) is 9.69. The van der Waals surface area contributed by atoms with Gasteiger partial charge in [-0.05, 0) is 98.7 Å². The highest BCUT2D eigenvalue weighted by Gasteiger charge is 2.27. The summed E-state index contributed by atoms with van der Waals surface area (Å²) < 4.78 is 15.0. The largest absolute Gasteiger partial charge is 0.494 e. The Hall–Kier alpha value is -6.80. The average molecular weight is 858 g/mol. The molecule has 0 bridgehead atoms. The van der Waals surface area contributed by atoms with E-state index in [-0.39, 0.29) is 36.1 Å². The smallest absolute Gasteiger partial charge is 0.277 e. The number of nitrogens with two attached hydrogens (primary N) is 4. The Morgan fingerprint density at radius 2 is 1.44 bits per heavy atom. The predicted molar refractivity (Wildman–Crippen MR) is 248 cm³/mol. The number of amides is 2. The number of carbonyl (C=O) groups excluding carboxylic acids is 4. The molecule has 9 N–H and O–H groups in total. The quantitative estimate of drug-likeness (QED) is 0.0346. The molecule has 0 aliphatic heterocycles. The molecule has 19 nitrogen and oxygen atoms in total. The van der Waals surface area contributed by atoms with Gasteiger partial charge in [0.15, 0.2) is 6.29 Å². The van der Waals surface area contributed by atoms with Crippen LogP contribution in [0.1, 0.15) is 66.9 Å². The van der Waals surface area contributed by atoms with E-state index >= 15 is 0 Å². The maximum absolute atomic E-state index is 14.2. The van der Waals surface area contributed by atoms with Crippen molar-refractivity contribution in [1.29, 1.82) is 0 Å². The zero-order valence-electron chi connectivity index (χ0n) is 37.1. The van der Waals surface area contributed by atoms with Crippen LogP contribution in [0.3, 0.4) is 0 Å². The minimum Gasteiger partial charge on any atom is -0.494 e. The molecule has 2 aromatic carbocycles. The Morgan fingerprint density at radius 1 is 0.823 bits per heavy atom. The number of rotatable bonds is 21. The lowest BCUT2D eigenvalue weighted by Gasteiger charge is -2.27. The van der Waals surface area contributed by atoms with Crippen molar-refractivity contribution in [2.75, 3.05) is 71.0 Å². The van der Waals surface area contributed by atoms with E-state index in [9.17, 15) is 19.2 Å². The van der Waals surface area contributed by atoms with Crippen LogP contribution in [-0.2, 0) is 13.1 Å². The summed E-state index contributed by atoms with van der Waals surface area (Å²) in [6.07, 6.45) is 8.80. The second-order valence-corrected chi connectivity index (χ2v) is 12.5. The van der Waals surface area contributed by atoms with Gasteiger partial charge in [0.1, 0.15) is 47.2 Å². The normalized spacial score (nSPS) is 10.4. The van der Waals surface area contributed by atoms with Crippen molar-refractivity contribution in [2.45, 2.75) is 40.8 Å². The Morgan fingerprint density at radius 3 is 1.97 bits per heavy atom. The fourth-order valence-electron chi connectivity index (χ4n) is 5.91. The number of hydrogen-bond donors (Lipinski definition) is 5. The molecule has 0 radical (unpaired) electrons. The van der Waals surface area contributed by atoms with Crippen LogP contribution in [0.5, 0.6) is 11.5 Å². The Bertz CT molecular complexity index is 2140. The van der Waals surface area contributed by atoms with Gasteiger partial charge in [0, 0.05) is 43.9 Å². The van der Waals surface area contributed by atoms with Crippen LogP contribution in [0.15, 0.2) is 70.7 Å². The monoisotopic (exact) mass is 858 g/mol. The first-order valence-corrected chi connectivity index (χ1v) is 19.6. The van der Waals surface area contributed by atoms with Crippen LogP contribution in [0.4, 0.5) is 22.7 Å². The Labute approximate surface area is 364 Å². The second kappa shape index (κ2) is 28.6. The van der Waals surface area contributed by atoms with Crippen LogP contribution in [-0.4, -0.2) is 119 Å². The third kappa shape index (κ3) is 14.7. The fourth-order valence-corrected chi connectivity index (χ4v) is 5.91. The summed E-state index contributed by atoms with van der Waals surface area (Å²) in [5.74, 6) is -0.393. The molecule has 0 saturated heterocycles. The molecule has 0 atom stereocenters. The van der Waals surface area contributed by atoms with Gasteiger partial charge in [-0.1, -0.05) is 24.3 Å². The minimum absolute atomic E-state index is 0.0822. The zero-order valence-corrected chi connectivity index (χ0v) is 37.1. The van der Waals surface area contributed by atoms with Crippen molar-refractivity contribution >= 4 is 60.6 Å². The first kappa shape index (κ1) is 53.2. The molecule has 2 aromatic heterocycles. The van der Waals surface area contributed by atoms with Gasteiger partial charge in [-0.3, -0.25) is 43.4 Å². The SMILES string of the molecule is C=Nc1cc(C=O)cc(OC/C=C/CN)c1N(C/C=C/CN(C(=O)c1cc(C)nn1CC)c1c(N=C)cc(C(N)=O)cc1OC)CNC.CCn1nc(C)cc1C=O.CN.CN. The average Bonchev–Trinajstić information content (AvgIpc) is 3.88. The number of aromatic nitrogens is 4. The maximum atomic E-state index is 14.2. The highest BCUT2D eigenvalue weighted by Crippen LogP contribution is 2.41. The predicted octanol–water partition coefficient (Wildman–Crippen LogP) is 3.75. The number of carbonyl (C=O) groups is 4. The molecule has 0 unspecified atom stereocenters. The van der Waals surface area contributed by atoms with E-state index in [2.05, 4.69) is 50.4 Å². The highest BCUT2D eigenvalue weighted by atomic mass is 16.5. The molecule has 336 valence electrons. The summed E-state index contributed by atoms with van der Waals surface area (Å²) in [7, 11) is 6.23. The molecule has 4 aromatic rings. The second-order valence-electron chi connectivity index (χ2n) is 12.5. The van der Waals surface area contributed by atoms with Gasteiger partial charge in [0.2, 0.25) is 5.91 Å². The third-order valence-electron chi connectivity index (χ3n) is 8.49. The Balaban J connectivity index is 0.00000118. The lowest BCUT2D eigenvalue weighted by Crippen LogP contribution is -2.34. The molecular weight excluding hydrogens is 795 g/mol. The van der Waals surface area contributed by atoms with E-state index in [1.165, 1.54) is 38.2 Å². The lowest BCUT2D eigenvalue weighted by molar-refractivity contribution is 0.0976. The lowest BCUT2D eigenvalue weighted by atomic mass is 10.1. The van der Waals surface area contributed by atoms with Crippen LogP contribution in [0, 0.1) is 13.8 Å². The first-order chi connectivity index (χ1) is 29.9. The first-order valence-electron chi connectivity index (χ1n) is 19.6. The minimum atomic E-state index is -0.680. The molecule has 0 fully saturated rings. The van der Waals surface area contributed by atoms with Crippen LogP contribution in [0.25, 0.3) is 0 Å². The number of hydrogen-bond acceptors (Lipinski definition) is 15. The third-order valence-corrected chi connectivity index (χ3v) is 8.49. The molecule has 2 amide bonds. The summed E-state index contributed by atoms with van der Waals surface area (Å²) in [5, 5.41) is 11.7. The van der Waals surface area contributed by atoms with Gasteiger partial charge in [0.05, 0.1) is 36.5 Å². The van der Waals surface area contributed by atoms with Crippen LogP contribution < -0.4 is 47.5 Å². The Kier molecular flexibility index (Phi) is 24.6. The summed E-state index contributed by atoms with van der Waals surface area (Å²) in [5.41, 5.74) is 24.9. The molecule has 4 rings (SSSR count). The van der Waals surface area contributed by atoms with E-state index in [1.54, 1.807) is 52.8 Å². The molecule has 0 aliphatic rings. The molecule has 0 aliphatic carbocycles. The highest BCUT2D eigenvalue weighted by molar-refractivity contribution is 6.09. The number of aldehydes is 2. The molecule has 62 heavy (non-hydrogen) atoms. The number of aliphatic imine (C=N–C) groups is 2. The van der Waals surface area contributed by atoms with Gasteiger partial charge >= 0.3 is 0 Å². The summed E-state index contributed by atoms with van der Waals surface area (Å²) in [4.78, 5) is 60.0. The molecule has 0 saturated carbocycles. The topological polar surface area (TPSA) is 270 Å². The van der Waals surface area contributed by atoms with Crippen LogP contribution >= 0.6 is 0 Å². The molecule has 0 spiro atoms. The summed E-state index contributed by atoms with van der Waals surface area (Å²) in [6.45, 7) is 17.5. The van der Waals surface area contributed by atoms with E-state index in [4.69, 9.17) is 20.9 Å². The molecule has 19 heteroatoms. The number of aryl methyl sites for hydroxylation is 4. The van der Waals surface area contributed by atoms with Crippen molar-refractivity contribution in [3.63, 3.8) is 0 Å². The number of ether oxygens (including phenoxy) is 2. The van der Waals surface area contributed by atoms with Crippen molar-refractivity contribution in [1.82, 2.24) is 24.9 Å². The number of nitrogens with one attached hydrogen (secondary N) is 1. The fraction of sp³-hybridized carbons (Fsp3) is 0.349. The van der Waals surface area contributed by atoms with Crippen molar-refractivity contribution in [3.8, 4) is 11.5 Å². The van der Waals surface area contributed by atoms with E-state index in [0.29, 0.717) is 71.8 Å². The van der Waals surface area contributed by atoms with Gasteiger partial charge in [-0.2, -0.15) is 10.2 Å². The van der Waals surface area contributed by atoms with E-state index in [0.717, 1.165) is 24.8 Å². The van der Waals surface area contributed by atoms with Gasteiger partial charge in [0.25, 0.3) is 5.91 Å². The van der Waals surface area contributed by atoms with E-state index < -0.39 is 5.91 Å². The van der Waals surface area contributed by atoms with Gasteiger partial charge in [-0.25, -0.2) is 0 Å². The number of primary amides is 1. The number of benzene rings is 2. The molecular formula is C43H63N13O6. The molecule has 2 heterocycles. The number of anilines is 2.